The van der Waals surface area contributed by atoms with Crippen LogP contribution >= 0.6 is 0 Å². The standard InChI is InChI=1S/C18H39NO4Si/c1-9-20-14(4)18(21-10-2,22-11-3)24-23-15-12-16(5,6)19-17(7,8)13-15/h14-15,19H,9-13,24H2,1-8H3. The average molecular weight is 362 g/mol. The Morgan fingerprint density at radius 1 is 1.00 bits per heavy atom. The summed E-state index contributed by atoms with van der Waals surface area (Å²) in [6, 6.07) is 0. The van der Waals surface area contributed by atoms with Crippen molar-refractivity contribution >= 4 is 9.76 Å². The SMILES string of the molecule is CCOC(C)C(OCC)(OCC)[SiH2]OC1CC(C)(C)NC(C)(C)C1. The van der Waals surface area contributed by atoms with Gasteiger partial charge in [-0.05, 0) is 68.2 Å². The summed E-state index contributed by atoms with van der Waals surface area (Å²) in [7, 11) is -1.11. The van der Waals surface area contributed by atoms with Crippen molar-refractivity contribution in [3.63, 3.8) is 0 Å². The van der Waals surface area contributed by atoms with E-state index >= 15 is 0 Å². The van der Waals surface area contributed by atoms with Gasteiger partial charge in [-0.2, -0.15) is 0 Å². The number of ether oxygens (including phenoxy) is 3. The molecule has 0 radical (unpaired) electrons. The first-order valence-corrected chi connectivity index (χ1v) is 10.7. The number of piperidine rings is 1. The first kappa shape index (κ1) is 22.1. The van der Waals surface area contributed by atoms with E-state index in [2.05, 4.69) is 33.0 Å². The van der Waals surface area contributed by atoms with Crippen molar-refractivity contribution < 1.29 is 18.6 Å². The van der Waals surface area contributed by atoms with Crippen molar-refractivity contribution in [1.82, 2.24) is 5.32 Å². The van der Waals surface area contributed by atoms with Crippen molar-refractivity contribution in [3.8, 4) is 0 Å². The molecule has 0 spiro atoms. The molecule has 6 heteroatoms. The molecule has 1 unspecified atom stereocenters. The molecule has 0 aromatic rings. The van der Waals surface area contributed by atoms with E-state index in [0.717, 1.165) is 12.8 Å². The van der Waals surface area contributed by atoms with E-state index in [9.17, 15) is 0 Å². The third-order valence-electron chi connectivity index (χ3n) is 4.49. The van der Waals surface area contributed by atoms with Gasteiger partial charge in [-0.1, -0.05) is 0 Å². The van der Waals surface area contributed by atoms with Gasteiger partial charge in [0.15, 0.2) is 5.41 Å². The summed E-state index contributed by atoms with van der Waals surface area (Å²) >= 11 is 0. The molecule has 0 aliphatic carbocycles. The second kappa shape index (κ2) is 9.10. The summed E-state index contributed by atoms with van der Waals surface area (Å²) in [6.45, 7) is 18.8. The Hall–Kier alpha value is 0.0169. The average Bonchev–Trinajstić information content (AvgIpc) is 2.42. The molecule has 1 atom stereocenters. The topological polar surface area (TPSA) is 49.0 Å². The molecule has 0 aromatic heterocycles. The fourth-order valence-corrected chi connectivity index (χ4v) is 5.55. The maximum absolute atomic E-state index is 6.46. The van der Waals surface area contributed by atoms with E-state index < -0.39 is 15.2 Å². The van der Waals surface area contributed by atoms with Gasteiger partial charge < -0.3 is 24.0 Å². The third-order valence-corrected chi connectivity index (χ3v) is 6.51. The van der Waals surface area contributed by atoms with Crippen LogP contribution in [-0.2, 0) is 18.6 Å². The summed E-state index contributed by atoms with van der Waals surface area (Å²) in [4.78, 5) is 0. The second-order valence-electron chi connectivity index (χ2n) is 8.01. The van der Waals surface area contributed by atoms with Crippen molar-refractivity contribution in [2.45, 2.75) is 96.9 Å². The van der Waals surface area contributed by atoms with E-state index in [4.69, 9.17) is 18.6 Å². The van der Waals surface area contributed by atoms with Crippen LogP contribution in [0, 0.1) is 0 Å². The van der Waals surface area contributed by atoms with Gasteiger partial charge >= 0.3 is 0 Å². The molecule has 0 amide bonds. The first-order chi connectivity index (χ1) is 11.1. The van der Waals surface area contributed by atoms with Gasteiger partial charge in [-0.15, -0.1) is 0 Å². The molecule has 1 aliphatic heterocycles. The first-order valence-electron chi connectivity index (χ1n) is 9.40. The summed E-state index contributed by atoms with van der Waals surface area (Å²) in [5, 5.41) is 3.70. The van der Waals surface area contributed by atoms with E-state index in [1.807, 2.05) is 27.7 Å². The predicted molar refractivity (Wildman–Crippen MR) is 101 cm³/mol. The Kier molecular flexibility index (Phi) is 8.36. The van der Waals surface area contributed by atoms with Crippen LogP contribution < -0.4 is 5.32 Å². The molecule has 144 valence electrons. The summed E-state index contributed by atoms with van der Waals surface area (Å²) in [5.74, 6) is 0. The van der Waals surface area contributed by atoms with Gasteiger partial charge in [0.1, 0.15) is 6.10 Å². The van der Waals surface area contributed by atoms with E-state index in [1.165, 1.54) is 0 Å². The van der Waals surface area contributed by atoms with Gasteiger partial charge in [0.05, 0.1) is 0 Å². The number of rotatable bonds is 10. The minimum atomic E-state index is -1.11. The molecule has 1 N–H and O–H groups in total. The van der Waals surface area contributed by atoms with E-state index in [-0.39, 0.29) is 23.3 Å². The van der Waals surface area contributed by atoms with Crippen LogP contribution in [0.15, 0.2) is 0 Å². The molecular weight excluding hydrogens is 322 g/mol. The van der Waals surface area contributed by atoms with Crippen LogP contribution in [-0.4, -0.2) is 58.3 Å². The van der Waals surface area contributed by atoms with Crippen LogP contribution in [0.5, 0.6) is 0 Å². The fourth-order valence-electron chi connectivity index (χ4n) is 3.92. The highest BCUT2D eigenvalue weighted by Gasteiger charge is 2.43. The summed E-state index contributed by atoms with van der Waals surface area (Å²) in [6.07, 6.45) is 2.11. The number of hydrogen-bond acceptors (Lipinski definition) is 5. The maximum atomic E-state index is 6.46. The zero-order valence-corrected chi connectivity index (χ0v) is 18.4. The molecule has 1 saturated heterocycles. The van der Waals surface area contributed by atoms with Crippen molar-refractivity contribution in [3.05, 3.63) is 0 Å². The number of nitrogens with one attached hydrogen (secondary N) is 1. The molecule has 5 nitrogen and oxygen atoms in total. The Bertz CT molecular complexity index is 354. The molecule has 1 fully saturated rings. The number of hydrogen-bond donors (Lipinski definition) is 1. The van der Waals surface area contributed by atoms with Gasteiger partial charge in [0.25, 0.3) is 0 Å². The second-order valence-corrected chi connectivity index (χ2v) is 9.62. The quantitative estimate of drug-likeness (QED) is 0.479. The summed E-state index contributed by atoms with van der Waals surface area (Å²) < 4.78 is 24.4. The molecule has 0 saturated carbocycles. The van der Waals surface area contributed by atoms with Crippen LogP contribution in [0.1, 0.15) is 68.2 Å². The smallest absolute Gasteiger partial charge is 0.231 e. The molecule has 0 bridgehead atoms. The molecule has 24 heavy (non-hydrogen) atoms. The van der Waals surface area contributed by atoms with Crippen molar-refractivity contribution in [1.29, 1.82) is 0 Å². The minimum Gasteiger partial charge on any atom is -0.415 e. The van der Waals surface area contributed by atoms with Crippen molar-refractivity contribution in [2.75, 3.05) is 19.8 Å². The van der Waals surface area contributed by atoms with Crippen LogP contribution in [0.4, 0.5) is 0 Å². The fraction of sp³-hybridized carbons (Fsp3) is 1.00. The lowest BCUT2D eigenvalue weighted by Gasteiger charge is -2.47. The van der Waals surface area contributed by atoms with Crippen LogP contribution in [0.2, 0.25) is 0 Å². The Morgan fingerprint density at radius 2 is 1.50 bits per heavy atom. The van der Waals surface area contributed by atoms with Gasteiger partial charge in [0, 0.05) is 37.0 Å². The highest BCUT2D eigenvalue weighted by molar-refractivity contribution is 6.31. The predicted octanol–water partition coefficient (Wildman–Crippen LogP) is 2.55. The van der Waals surface area contributed by atoms with E-state index in [0.29, 0.717) is 19.8 Å². The van der Waals surface area contributed by atoms with Crippen LogP contribution in [0.3, 0.4) is 0 Å². The Labute approximate surface area is 151 Å². The van der Waals surface area contributed by atoms with Gasteiger partial charge in [-0.25, -0.2) is 0 Å². The maximum Gasteiger partial charge on any atom is 0.231 e. The zero-order chi connectivity index (χ0) is 18.4. The lowest BCUT2D eigenvalue weighted by molar-refractivity contribution is -0.239. The zero-order valence-electron chi connectivity index (χ0n) is 17.0. The Morgan fingerprint density at radius 3 is 1.92 bits per heavy atom. The molecular formula is C18H39NO4Si. The summed E-state index contributed by atoms with van der Waals surface area (Å²) in [5.41, 5.74) is -0.558. The van der Waals surface area contributed by atoms with E-state index in [1.54, 1.807) is 0 Å². The highest BCUT2D eigenvalue weighted by atomic mass is 28.2. The third kappa shape index (κ3) is 6.39. The molecule has 1 rings (SSSR count). The monoisotopic (exact) mass is 361 g/mol. The molecule has 1 aliphatic rings. The molecule has 0 aromatic carbocycles. The van der Waals surface area contributed by atoms with Gasteiger partial charge in [0.2, 0.25) is 9.76 Å². The van der Waals surface area contributed by atoms with Crippen molar-refractivity contribution in [2.24, 2.45) is 0 Å². The Balaban J connectivity index is 2.82. The normalized spacial score (nSPS) is 23.0. The molecule has 1 heterocycles. The van der Waals surface area contributed by atoms with Gasteiger partial charge in [-0.3, -0.25) is 0 Å². The lowest BCUT2D eigenvalue weighted by atomic mass is 9.81. The lowest BCUT2D eigenvalue weighted by Crippen LogP contribution is -2.61. The highest BCUT2D eigenvalue weighted by Crippen LogP contribution is 2.31. The van der Waals surface area contributed by atoms with Crippen LogP contribution in [0.25, 0.3) is 0 Å². The largest absolute Gasteiger partial charge is 0.415 e. The minimum absolute atomic E-state index is 0.0756.